The Morgan fingerprint density at radius 3 is 2.05 bits per heavy atom. The highest BCUT2D eigenvalue weighted by Crippen LogP contribution is 2.44. The number of aliphatic hydroxyl groups is 1. The van der Waals surface area contributed by atoms with E-state index in [0.717, 1.165) is 33.7 Å². The van der Waals surface area contributed by atoms with E-state index in [0.29, 0.717) is 22.1 Å². The molecular formula is C34H34ClNO5. The third-order valence-corrected chi connectivity index (χ3v) is 7.75. The molecule has 0 aromatic heterocycles. The minimum atomic E-state index is -1.24. The summed E-state index contributed by atoms with van der Waals surface area (Å²) >= 11 is 6.23. The number of rotatable bonds is 8. The molecule has 1 aliphatic rings. The summed E-state index contributed by atoms with van der Waals surface area (Å²) in [6, 6.07) is 25.8. The minimum Gasteiger partial charge on any atom is -0.497 e. The number of halogens is 1. The van der Waals surface area contributed by atoms with Gasteiger partial charge in [0.05, 0.1) is 32.8 Å². The van der Waals surface area contributed by atoms with Crippen LogP contribution in [0.15, 0.2) is 84.9 Å². The fraction of sp³-hybridized carbons (Fsp3) is 0.265. The first-order chi connectivity index (χ1) is 19.6. The molecule has 0 fully saturated rings. The number of hydrogen-bond donors (Lipinski definition) is 1. The topological polar surface area (TPSA) is 68.2 Å². The zero-order chi connectivity index (χ0) is 29.3. The summed E-state index contributed by atoms with van der Waals surface area (Å²) < 4.78 is 17.0. The predicted molar refractivity (Wildman–Crippen MR) is 161 cm³/mol. The summed E-state index contributed by atoms with van der Waals surface area (Å²) in [6.07, 6.45) is 0.159. The van der Waals surface area contributed by atoms with Gasteiger partial charge in [-0.25, -0.2) is 0 Å². The van der Waals surface area contributed by atoms with E-state index >= 15 is 0 Å². The van der Waals surface area contributed by atoms with Gasteiger partial charge in [0.2, 0.25) is 5.91 Å². The summed E-state index contributed by atoms with van der Waals surface area (Å²) in [5.74, 6) is 1.89. The Labute approximate surface area is 246 Å². The molecule has 7 heteroatoms. The fourth-order valence-electron chi connectivity index (χ4n) is 5.36. The summed E-state index contributed by atoms with van der Waals surface area (Å²) in [5, 5.41) is 12.1. The van der Waals surface area contributed by atoms with Crippen LogP contribution < -0.4 is 19.1 Å². The molecule has 1 unspecified atom stereocenters. The van der Waals surface area contributed by atoms with Gasteiger partial charge in [0.1, 0.15) is 11.4 Å². The van der Waals surface area contributed by atoms with E-state index in [4.69, 9.17) is 25.8 Å². The second-order valence-corrected chi connectivity index (χ2v) is 11.0. The van der Waals surface area contributed by atoms with E-state index in [1.54, 1.807) is 21.1 Å². The van der Waals surface area contributed by atoms with Crippen LogP contribution in [0.25, 0.3) is 0 Å². The van der Waals surface area contributed by atoms with Gasteiger partial charge in [0, 0.05) is 10.7 Å². The number of ether oxygens (including phenoxy) is 3. The first kappa shape index (κ1) is 28.5. The number of methoxy groups -OCH3 is 2. The molecule has 4 aromatic rings. The van der Waals surface area contributed by atoms with Crippen molar-refractivity contribution in [2.45, 2.75) is 44.9 Å². The Morgan fingerprint density at radius 1 is 0.878 bits per heavy atom. The van der Waals surface area contributed by atoms with Crippen molar-refractivity contribution >= 4 is 23.2 Å². The van der Waals surface area contributed by atoms with Gasteiger partial charge in [0.15, 0.2) is 11.5 Å². The zero-order valence-corrected chi connectivity index (χ0v) is 24.6. The molecule has 0 saturated carbocycles. The molecule has 4 aromatic carbocycles. The van der Waals surface area contributed by atoms with Gasteiger partial charge in [-0.05, 0) is 97.1 Å². The van der Waals surface area contributed by atoms with Crippen LogP contribution in [-0.4, -0.2) is 31.3 Å². The monoisotopic (exact) mass is 571 g/mol. The van der Waals surface area contributed by atoms with E-state index in [-0.39, 0.29) is 18.4 Å². The summed E-state index contributed by atoms with van der Waals surface area (Å²) in [5.41, 5.74) is 3.68. The second kappa shape index (κ2) is 11.5. The molecule has 1 aliphatic heterocycles. The molecular weight excluding hydrogens is 538 g/mol. The molecule has 41 heavy (non-hydrogen) atoms. The van der Waals surface area contributed by atoms with Crippen molar-refractivity contribution in [3.05, 3.63) is 118 Å². The maximum Gasteiger partial charge on any atom is 0.232 e. The van der Waals surface area contributed by atoms with E-state index in [2.05, 4.69) is 0 Å². The molecule has 0 bridgehead atoms. The molecule has 0 saturated heterocycles. The van der Waals surface area contributed by atoms with Crippen molar-refractivity contribution < 1.29 is 24.1 Å². The van der Waals surface area contributed by atoms with Gasteiger partial charge in [-0.3, -0.25) is 4.79 Å². The molecule has 1 N–H and O–H groups in total. The molecule has 5 rings (SSSR count). The number of carbonyl (C=O) groups excluding carboxylic acids is 1. The Morgan fingerprint density at radius 2 is 1.49 bits per heavy atom. The first-order valence-electron chi connectivity index (χ1n) is 13.5. The molecule has 0 spiro atoms. The Balaban J connectivity index is 1.58. The quantitative estimate of drug-likeness (QED) is 0.245. The Hall–Kier alpha value is -4.00. The highest BCUT2D eigenvalue weighted by Gasteiger charge is 2.36. The predicted octanol–water partition coefficient (Wildman–Crippen LogP) is 7.08. The smallest absolute Gasteiger partial charge is 0.232 e. The number of hydrogen-bond acceptors (Lipinski definition) is 5. The minimum absolute atomic E-state index is 0.0494. The Bertz CT molecular complexity index is 1530. The number of amides is 1. The molecule has 2 atom stereocenters. The lowest BCUT2D eigenvalue weighted by Gasteiger charge is -2.38. The van der Waals surface area contributed by atoms with Crippen LogP contribution in [0.5, 0.6) is 17.2 Å². The maximum absolute atomic E-state index is 13.8. The van der Waals surface area contributed by atoms with Crippen LogP contribution in [0.4, 0.5) is 5.69 Å². The van der Waals surface area contributed by atoms with Gasteiger partial charge in [-0.1, -0.05) is 48.0 Å². The largest absolute Gasteiger partial charge is 0.497 e. The number of nitrogens with zero attached hydrogens (tertiary/aromatic N) is 1. The summed E-state index contributed by atoms with van der Waals surface area (Å²) in [7, 11) is 3.21. The standard InChI is InChI=1S/C34H34ClNO5/c1-21(2)41-31-20-29-23(18-30(31)40-5)19-32(37)36(33(29)22-6-12-26(35)13-7-22)27-14-8-24(9-15-27)34(3,38)25-10-16-28(39-4)17-11-25/h6-18,20-21,33,38H,19H2,1-5H3/t33-,34?/m0/s1. The van der Waals surface area contributed by atoms with Crippen LogP contribution in [0.1, 0.15) is 54.6 Å². The van der Waals surface area contributed by atoms with Crippen LogP contribution in [0.2, 0.25) is 5.02 Å². The summed E-state index contributed by atoms with van der Waals surface area (Å²) in [4.78, 5) is 15.6. The van der Waals surface area contributed by atoms with Crippen molar-refractivity contribution in [2.75, 3.05) is 19.1 Å². The van der Waals surface area contributed by atoms with E-state index < -0.39 is 11.6 Å². The van der Waals surface area contributed by atoms with Crippen LogP contribution in [0, 0.1) is 0 Å². The molecule has 1 amide bonds. The second-order valence-electron chi connectivity index (χ2n) is 10.6. The number of anilines is 1. The summed E-state index contributed by atoms with van der Waals surface area (Å²) in [6.45, 7) is 5.69. The SMILES string of the molecule is COc1ccc(C(C)(O)c2ccc(N3C(=O)Cc4cc(OC)c(OC(C)C)cc4[C@@H]3c3ccc(Cl)cc3)cc2)cc1. The van der Waals surface area contributed by atoms with Gasteiger partial charge >= 0.3 is 0 Å². The third kappa shape index (κ3) is 5.63. The van der Waals surface area contributed by atoms with E-state index in [9.17, 15) is 9.90 Å². The first-order valence-corrected chi connectivity index (χ1v) is 13.9. The average Bonchev–Trinajstić information content (AvgIpc) is 2.96. The van der Waals surface area contributed by atoms with Gasteiger partial charge in [0.25, 0.3) is 0 Å². The van der Waals surface area contributed by atoms with Crippen molar-refractivity contribution in [3.8, 4) is 17.2 Å². The fourth-order valence-corrected chi connectivity index (χ4v) is 5.48. The van der Waals surface area contributed by atoms with Crippen molar-refractivity contribution in [3.63, 3.8) is 0 Å². The Kier molecular flexibility index (Phi) is 7.98. The molecule has 212 valence electrons. The van der Waals surface area contributed by atoms with Crippen molar-refractivity contribution in [2.24, 2.45) is 0 Å². The van der Waals surface area contributed by atoms with Crippen molar-refractivity contribution in [1.29, 1.82) is 0 Å². The number of benzene rings is 4. The third-order valence-electron chi connectivity index (χ3n) is 7.50. The molecule has 0 aliphatic carbocycles. The number of carbonyl (C=O) groups is 1. The molecule has 1 heterocycles. The van der Waals surface area contributed by atoms with E-state index in [1.165, 1.54) is 0 Å². The maximum atomic E-state index is 13.8. The van der Waals surface area contributed by atoms with E-state index in [1.807, 2.05) is 104 Å². The number of fused-ring (bicyclic) bond motifs is 1. The lowest BCUT2D eigenvalue weighted by Crippen LogP contribution is -2.41. The zero-order valence-electron chi connectivity index (χ0n) is 23.9. The van der Waals surface area contributed by atoms with Gasteiger partial charge in [-0.15, -0.1) is 0 Å². The van der Waals surface area contributed by atoms with Gasteiger partial charge < -0.3 is 24.2 Å². The highest BCUT2D eigenvalue weighted by atomic mass is 35.5. The van der Waals surface area contributed by atoms with Crippen molar-refractivity contribution in [1.82, 2.24) is 0 Å². The molecule has 6 nitrogen and oxygen atoms in total. The lowest BCUT2D eigenvalue weighted by molar-refractivity contribution is -0.118. The average molecular weight is 572 g/mol. The normalized spacial score (nSPS) is 16.2. The van der Waals surface area contributed by atoms with Crippen LogP contribution in [0.3, 0.4) is 0 Å². The van der Waals surface area contributed by atoms with Crippen LogP contribution in [-0.2, 0) is 16.8 Å². The van der Waals surface area contributed by atoms with Crippen LogP contribution >= 0.6 is 11.6 Å². The van der Waals surface area contributed by atoms with Gasteiger partial charge in [-0.2, -0.15) is 0 Å². The molecule has 0 radical (unpaired) electrons. The lowest BCUT2D eigenvalue weighted by atomic mass is 9.86. The highest BCUT2D eigenvalue weighted by molar-refractivity contribution is 6.30.